The molecule has 1 saturated heterocycles. The molecule has 1 aliphatic heterocycles. The molecule has 146 valence electrons. The van der Waals surface area contributed by atoms with Crippen molar-refractivity contribution < 1.29 is 14.5 Å². The molecule has 2 N–H and O–H groups in total. The maximum absolute atomic E-state index is 12.9. The number of amides is 2. The van der Waals surface area contributed by atoms with E-state index in [2.05, 4.69) is 4.90 Å². The standard InChI is InChI=1S/C20H22N4O4/c1-22-11-9-14(10-12-22)19(25)15-5-4-6-16(13-15)23(20(21)26)17-7-2-3-8-18(17)24(27)28/h2-8,13-14H,9-12H2,1H3,(H2,21,26). The third-order valence-electron chi connectivity index (χ3n) is 5.02. The van der Waals surface area contributed by atoms with Gasteiger partial charge in [0.2, 0.25) is 0 Å². The molecular formula is C20H22N4O4. The summed E-state index contributed by atoms with van der Waals surface area (Å²) in [5, 5.41) is 11.4. The fourth-order valence-electron chi connectivity index (χ4n) is 3.50. The minimum Gasteiger partial charge on any atom is -0.351 e. The summed E-state index contributed by atoms with van der Waals surface area (Å²) in [6.07, 6.45) is 1.56. The van der Waals surface area contributed by atoms with Crippen molar-refractivity contribution in [2.45, 2.75) is 12.8 Å². The molecule has 3 rings (SSSR count). The predicted molar refractivity (Wildman–Crippen MR) is 106 cm³/mol. The Balaban J connectivity index is 1.96. The highest BCUT2D eigenvalue weighted by Gasteiger charge is 2.27. The quantitative estimate of drug-likeness (QED) is 0.484. The van der Waals surface area contributed by atoms with Crippen LogP contribution in [0.2, 0.25) is 0 Å². The van der Waals surface area contributed by atoms with Crippen LogP contribution < -0.4 is 10.6 Å². The number of anilines is 2. The Hall–Kier alpha value is -3.26. The lowest BCUT2D eigenvalue weighted by Gasteiger charge is -2.28. The van der Waals surface area contributed by atoms with Crippen molar-refractivity contribution in [1.82, 2.24) is 4.90 Å². The van der Waals surface area contributed by atoms with Crippen molar-refractivity contribution in [1.29, 1.82) is 0 Å². The Morgan fingerprint density at radius 1 is 1.14 bits per heavy atom. The number of urea groups is 1. The van der Waals surface area contributed by atoms with Crippen molar-refractivity contribution in [3.63, 3.8) is 0 Å². The fourth-order valence-corrected chi connectivity index (χ4v) is 3.50. The Kier molecular flexibility index (Phi) is 5.70. The van der Waals surface area contributed by atoms with Crippen LogP contribution in [0.25, 0.3) is 0 Å². The molecule has 1 fully saturated rings. The molecule has 0 aliphatic carbocycles. The van der Waals surface area contributed by atoms with Crippen molar-refractivity contribution >= 4 is 28.9 Å². The zero-order valence-electron chi connectivity index (χ0n) is 15.6. The van der Waals surface area contributed by atoms with E-state index in [9.17, 15) is 19.7 Å². The molecule has 1 aliphatic rings. The minimum absolute atomic E-state index is 0.0157. The van der Waals surface area contributed by atoms with Crippen LogP contribution in [-0.2, 0) is 0 Å². The highest BCUT2D eigenvalue weighted by molar-refractivity contribution is 6.03. The number of nitro benzene ring substituents is 1. The number of nitrogens with zero attached hydrogens (tertiary/aromatic N) is 3. The van der Waals surface area contributed by atoms with Crippen molar-refractivity contribution in [3.05, 3.63) is 64.2 Å². The molecule has 0 spiro atoms. The van der Waals surface area contributed by atoms with Crippen LogP contribution in [0.1, 0.15) is 23.2 Å². The lowest BCUT2D eigenvalue weighted by Crippen LogP contribution is -2.34. The van der Waals surface area contributed by atoms with Crippen LogP contribution >= 0.6 is 0 Å². The first-order valence-electron chi connectivity index (χ1n) is 9.04. The van der Waals surface area contributed by atoms with Crippen LogP contribution in [0.4, 0.5) is 21.9 Å². The van der Waals surface area contributed by atoms with Gasteiger partial charge < -0.3 is 10.6 Å². The topological polar surface area (TPSA) is 110 Å². The lowest BCUT2D eigenvalue weighted by molar-refractivity contribution is -0.384. The second-order valence-corrected chi connectivity index (χ2v) is 6.91. The first kappa shape index (κ1) is 19.5. The van der Waals surface area contributed by atoms with Gasteiger partial charge in [-0.3, -0.25) is 19.8 Å². The first-order chi connectivity index (χ1) is 13.4. The van der Waals surface area contributed by atoms with Crippen molar-refractivity contribution in [3.8, 4) is 0 Å². The molecule has 8 nitrogen and oxygen atoms in total. The summed E-state index contributed by atoms with van der Waals surface area (Å²) < 4.78 is 0. The van der Waals surface area contributed by atoms with Gasteiger partial charge in [0.1, 0.15) is 5.69 Å². The monoisotopic (exact) mass is 382 g/mol. The van der Waals surface area contributed by atoms with Crippen molar-refractivity contribution in [2.75, 3.05) is 25.0 Å². The van der Waals surface area contributed by atoms with E-state index in [1.54, 1.807) is 30.3 Å². The second-order valence-electron chi connectivity index (χ2n) is 6.91. The summed E-state index contributed by atoms with van der Waals surface area (Å²) in [5.41, 5.74) is 6.13. The number of rotatable bonds is 5. The maximum atomic E-state index is 12.9. The van der Waals surface area contributed by atoms with E-state index in [0.717, 1.165) is 30.8 Å². The molecule has 0 atom stereocenters. The van der Waals surface area contributed by atoms with Gasteiger partial charge in [0.05, 0.1) is 10.6 Å². The molecule has 0 bridgehead atoms. The molecule has 8 heteroatoms. The van der Waals surface area contributed by atoms with Gasteiger partial charge in [0.25, 0.3) is 5.69 Å². The number of hydrogen-bond donors (Lipinski definition) is 1. The SMILES string of the molecule is CN1CCC(C(=O)c2cccc(N(C(N)=O)c3ccccc3[N+](=O)[O-])c2)CC1. The third kappa shape index (κ3) is 4.01. The zero-order valence-corrected chi connectivity index (χ0v) is 15.6. The van der Waals surface area contributed by atoms with Crippen LogP contribution in [0.15, 0.2) is 48.5 Å². The van der Waals surface area contributed by atoms with Gasteiger partial charge in [-0.25, -0.2) is 4.79 Å². The van der Waals surface area contributed by atoms with Gasteiger partial charge in [-0.2, -0.15) is 0 Å². The number of hydrogen-bond acceptors (Lipinski definition) is 5. The van der Waals surface area contributed by atoms with Gasteiger partial charge in [-0.05, 0) is 51.2 Å². The Labute approximate surface area is 162 Å². The molecule has 2 aromatic carbocycles. The van der Waals surface area contributed by atoms with Crippen LogP contribution in [0, 0.1) is 16.0 Å². The van der Waals surface area contributed by atoms with Gasteiger partial charge in [0.15, 0.2) is 5.78 Å². The number of carbonyl (C=O) groups excluding carboxylic acids is 2. The highest BCUT2D eigenvalue weighted by atomic mass is 16.6. The Bertz CT molecular complexity index is 907. The summed E-state index contributed by atoms with van der Waals surface area (Å²) >= 11 is 0. The summed E-state index contributed by atoms with van der Waals surface area (Å²) in [6, 6.07) is 11.5. The van der Waals surface area contributed by atoms with E-state index in [4.69, 9.17) is 5.73 Å². The van der Waals surface area contributed by atoms with Gasteiger partial charge in [-0.15, -0.1) is 0 Å². The smallest absolute Gasteiger partial charge is 0.324 e. The van der Waals surface area contributed by atoms with Crippen LogP contribution in [0.5, 0.6) is 0 Å². The Morgan fingerprint density at radius 2 is 1.82 bits per heavy atom. The van der Waals surface area contributed by atoms with E-state index < -0.39 is 11.0 Å². The average molecular weight is 382 g/mol. The number of piperidine rings is 1. The predicted octanol–water partition coefficient (Wildman–Crippen LogP) is 3.34. The minimum atomic E-state index is -0.863. The number of nitro groups is 1. The molecule has 2 aromatic rings. The van der Waals surface area contributed by atoms with Gasteiger partial charge in [0, 0.05) is 17.5 Å². The van der Waals surface area contributed by atoms with E-state index in [0.29, 0.717) is 11.3 Å². The fraction of sp³-hybridized carbons (Fsp3) is 0.300. The third-order valence-corrected chi connectivity index (χ3v) is 5.02. The van der Waals surface area contributed by atoms with E-state index >= 15 is 0 Å². The number of Topliss-reactive ketones (excluding diaryl/α,β-unsaturated/α-hetero) is 1. The summed E-state index contributed by atoms with van der Waals surface area (Å²) in [5.74, 6) is -0.0542. The molecular weight excluding hydrogens is 360 g/mol. The number of likely N-dealkylation sites (tertiary alicyclic amines) is 1. The number of nitrogens with two attached hydrogens (primary N) is 1. The van der Waals surface area contributed by atoms with Crippen molar-refractivity contribution in [2.24, 2.45) is 11.7 Å². The zero-order chi connectivity index (χ0) is 20.3. The summed E-state index contributed by atoms with van der Waals surface area (Å²) in [7, 11) is 2.03. The summed E-state index contributed by atoms with van der Waals surface area (Å²) in [6.45, 7) is 1.72. The molecule has 0 unspecified atom stereocenters. The number of ketones is 1. The van der Waals surface area contributed by atoms with E-state index in [1.807, 2.05) is 7.05 Å². The van der Waals surface area contributed by atoms with Crippen LogP contribution in [-0.4, -0.2) is 41.8 Å². The average Bonchev–Trinajstić information content (AvgIpc) is 2.68. The number of carbonyl (C=O) groups is 2. The van der Waals surface area contributed by atoms with Gasteiger partial charge in [-0.1, -0.05) is 24.3 Å². The highest BCUT2D eigenvalue weighted by Crippen LogP contribution is 2.34. The van der Waals surface area contributed by atoms with Crippen LogP contribution in [0.3, 0.4) is 0 Å². The number of para-hydroxylation sites is 2. The molecule has 28 heavy (non-hydrogen) atoms. The second kappa shape index (κ2) is 8.18. The van der Waals surface area contributed by atoms with E-state index in [-0.39, 0.29) is 23.1 Å². The molecule has 0 radical (unpaired) electrons. The molecule has 2 amide bonds. The maximum Gasteiger partial charge on any atom is 0.324 e. The van der Waals surface area contributed by atoms with E-state index in [1.165, 1.54) is 18.2 Å². The normalized spacial score (nSPS) is 15.2. The number of primary amides is 1. The summed E-state index contributed by atoms with van der Waals surface area (Å²) in [4.78, 5) is 39.1. The molecule has 0 saturated carbocycles. The van der Waals surface area contributed by atoms with Gasteiger partial charge >= 0.3 is 6.03 Å². The molecule has 1 heterocycles. The largest absolute Gasteiger partial charge is 0.351 e. The lowest BCUT2D eigenvalue weighted by atomic mass is 9.89. The first-order valence-corrected chi connectivity index (χ1v) is 9.04. The number of benzene rings is 2. The molecule has 0 aromatic heterocycles. The Morgan fingerprint density at radius 3 is 2.46 bits per heavy atom.